The number of amides is 1. The molecule has 1 aromatic rings. The van der Waals surface area contributed by atoms with E-state index in [0.29, 0.717) is 18.1 Å². The topological polar surface area (TPSA) is 79.4 Å². The van der Waals surface area contributed by atoms with E-state index in [4.69, 9.17) is 0 Å². The summed E-state index contributed by atoms with van der Waals surface area (Å²) in [7, 11) is -3.48. The van der Waals surface area contributed by atoms with Gasteiger partial charge in [0, 0.05) is 25.3 Å². The van der Waals surface area contributed by atoms with Gasteiger partial charge in [0.2, 0.25) is 15.9 Å². The van der Waals surface area contributed by atoms with E-state index < -0.39 is 10.0 Å². The predicted molar refractivity (Wildman–Crippen MR) is 100 cm³/mol. The van der Waals surface area contributed by atoms with Gasteiger partial charge in [-0.2, -0.15) is 4.31 Å². The summed E-state index contributed by atoms with van der Waals surface area (Å²) >= 11 is 1.32. The summed E-state index contributed by atoms with van der Waals surface area (Å²) in [6, 6.07) is 3.35. The van der Waals surface area contributed by atoms with Crippen LogP contribution in [-0.4, -0.2) is 48.0 Å². The van der Waals surface area contributed by atoms with Crippen LogP contribution in [0.15, 0.2) is 28.3 Å². The minimum atomic E-state index is -3.48. The van der Waals surface area contributed by atoms with Crippen molar-refractivity contribution < 1.29 is 13.2 Å². The average Bonchev–Trinajstić information content (AvgIpc) is 2.84. The lowest BCUT2D eigenvalue weighted by molar-refractivity contribution is -0.120. The molecule has 0 aliphatic carbocycles. The summed E-state index contributed by atoms with van der Waals surface area (Å²) < 4.78 is 27.0. The molecule has 0 radical (unpaired) electrons. The van der Waals surface area contributed by atoms with Crippen LogP contribution in [0.5, 0.6) is 0 Å². The molecular formula is C17H27N3O3S2. The van der Waals surface area contributed by atoms with Gasteiger partial charge < -0.3 is 5.32 Å². The molecule has 1 amide bonds. The van der Waals surface area contributed by atoms with Crippen molar-refractivity contribution in [1.82, 2.24) is 14.6 Å². The third-order valence-electron chi connectivity index (χ3n) is 4.01. The van der Waals surface area contributed by atoms with Crippen molar-refractivity contribution in [3.05, 3.63) is 18.3 Å². The predicted octanol–water partition coefficient (Wildman–Crippen LogP) is 2.65. The Bertz CT molecular complexity index is 667. The second-order valence-corrected chi connectivity index (χ2v) is 9.87. The Labute approximate surface area is 154 Å². The molecule has 1 atom stereocenters. The zero-order valence-corrected chi connectivity index (χ0v) is 16.7. The molecule has 1 N–H and O–H groups in total. The van der Waals surface area contributed by atoms with Gasteiger partial charge in [-0.25, -0.2) is 13.4 Å². The monoisotopic (exact) mass is 385 g/mol. The highest BCUT2D eigenvalue weighted by Gasteiger charge is 2.25. The van der Waals surface area contributed by atoms with Crippen molar-refractivity contribution in [2.45, 2.75) is 67.7 Å². The summed E-state index contributed by atoms with van der Waals surface area (Å²) in [5.74, 6) is -0.0527. The molecule has 0 unspecified atom stereocenters. The van der Waals surface area contributed by atoms with Crippen LogP contribution in [0.2, 0.25) is 0 Å². The van der Waals surface area contributed by atoms with Gasteiger partial charge in [0.05, 0.1) is 10.3 Å². The Morgan fingerprint density at radius 1 is 1.16 bits per heavy atom. The Hall–Kier alpha value is -1.12. The Morgan fingerprint density at radius 2 is 1.80 bits per heavy atom. The molecule has 1 fully saturated rings. The first-order valence-electron chi connectivity index (χ1n) is 8.74. The molecule has 8 heteroatoms. The van der Waals surface area contributed by atoms with Gasteiger partial charge in [0.15, 0.2) is 0 Å². The van der Waals surface area contributed by atoms with Crippen LogP contribution in [0, 0.1) is 0 Å². The van der Waals surface area contributed by atoms with E-state index in [1.165, 1.54) is 18.0 Å². The minimum Gasteiger partial charge on any atom is -0.353 e. The highest BCUT2D eigenvalue weighted by atomic mass is 32.2. The SMILES string of the molecule is CC(C)NC(=O)[C@H](C)Sc1ccc(S(=O)(=O)N2CCCCCC2)cn1. The van der Waals surface area contributed by atoms with Crippen LogP contribution in [0.4, 0.5) is 0 Å². The van der Waals surface area contributed by atoms with Gasteiger partial charge in [0.1, 0.15) is 4.90 Å². The molecule has 140 valence electrons. The van der Waals surface area contributed by atoms with Crippen LogP contribution in [0.25, 0.3) is 0 Å². The number of carbonyl (C=O) groups excluding carboxylic acids is 1. The molecule has 0 saturated carbocycles. The number of hydrogen-bond acceptors (Lipinski definition) is 5. The van der Waals surface area contributed by atoms with Crippen molar-refractivity contribution in [3.8, 4) is 0 Å². The van der Waals surface area contributed by atoms with E-state index in [1.807, 2.05) is 20.8 Å². The van der Waals surface area contributed by atoms with Crippen LogP contribution < -0.4 is 5.32 Å². The average molecular weight is 386 g/mol. The molecule has 1 aromatic heterocycles. The standard InChI is InChI=1S/C17H27N3O3S2/c1-13(2)19-17(21)14(3)24-16-9-8-15(12-18-16)25(22,23)20-10-6-4-5-7-11-20/h8-9,12-14H,4-7,10-11H2,1-3H3,(H,19,21)/t14-/m0/s1. The van der Waals surface area contributed by atoms with E-state index in [9.17, 15) is 13.2 Å². The molecular weight excluding hydrogens is 358 g/mol. The van der Waals surface area contributed by atoms with Gasteiger partial charge in [-0.3, -0.25) is 4.79 Å². The maximum atomic E-state index is 12.7. The number of pyridine rings is 1. The van der Waals surface area contributed by atoms with E-state index in [2.05, 4.69) is 10.3 Å². The third-order valence-corrected chi connectivity index (χ3v) is 6.94. The number of carbonyl (C=O) groups is 1. The van der Waals surface area contributed by atoms with Gasteiger partial charge in [-0.15, -0.1) is 0 Å². The van der Waals surface area contributed by atoms with Crippen LogP contribution in [0.1, 0.15) is 46.5 Å². The molecule has 0 bridgehead atoms. The normalized spacial score (nSPS) is 17.9. The van der Waals surface area contributed by atoms with E-state index in [-0.39, 0.29) is 22.1 Å². The summed E-state index contributed by atoms with van der Waals surface area (Å²) in [4.78, 5) is 16.4. The fourth-order valence-electron chi connectivity index (χ4n) is 2.66. The summed E-state index contributed by atoms with van der Waals surface area (Å²) in [6.45, 7) is 6.79. The summed E-state index contributed by atoms with van der Waals surface area (Å²) in [6.07, 6.45) is 5.37. The lowest BCUT2D eigenvalue weighted by atomic mass is 10.2. The first kappa shape index (κ1) is 20.2. The molecule has 1 saturated heterocycles. The Kier molecular flexibility index (Phi) is 7.27. The van der Waals surface area contributed by atoms with Gasteiger partial charge in [-0.1, -0.05) is 24.6 Å². The fourth-order valence-corrected chi connectivity index (χ4v) is 4.92. The van der Waals surface area contributed by atoms with Crippen LogP contribution >= 0.6 is 11.8 Å². The van der Waals surface area contributed by atoms with Gasteiger partial charge in [-0.05, 0) is 45.7 Å². The summed E-state index contributed by atoms with van der Waals surface area (Å²) in [5.41, 5.74) is 0. The second-order valence-electron chi connectivity index (χ2n) is 6.57. The number of nitrogens with one attached hydrogen (secondary N) is 1. The smallest absolute Gasteiger partial charge is 0.244 e. The number of sulfonamides is 1. The number of thioether (sulfide) groups is 1. The summed E-state index contributed by atoms with van der Waals surface area (Å²) in [5, 5.41) is 3.21. The van der Waals surface area contributed by atoms with Gasteiger partial charge >= 0.3 is 0 Å². The second kappa shape index (κ2) is 9.00. The van der Waals surface area contributed by atoms with Crippen LogP contribution in [-0.2, 0) is 14.8 Å². The minimum absolute atomic E-state index is 0.0527. The first-order valence-corrected chi connectivity index (χ1v) is 11.1. The largest absolute Gasteiger partial charge is 0.353 e. The van der Waals surface area contributed by atoms with Crippen molar-refractivity contribution in [2.24, 2.45) is 0 Å². The molecule has 1 aliphatic heterocycles. The van der Waals surface area contributed by atoms with Crippen molar-refractivity contribution >= 4 is 27.7 Å². The maximum Gasteiger partial charge on any atom is 0.244 e. The van der Waals surface area contributed by atoms with E-state index in [0.717, 1.165) is 25.7 Å². The van der Waals surface area contributed by atoms with E-state index in [1.54, 1.807) is 16.4 Å². The third kappa shape index (κ3) is 5.69. The lowest BCUT2D eigenvalue weighted by Crippen LogP contribution is -2.35. The molecule has 2 heterocycles. The Morgan fingerprint density at radius 3 is 2.32 bits per heavy atom. The lowest BCUT2D eigenvalue weighted by Gasteiger charge is -2.20. The molecule has 6 nitrogen and oxygen atoms in total. The molecule has 25 heavy (non-hydrogen) atoms. The molecule has 2 rings (SSSR count). The Balaban J connectivity index is 2.04. The molecule has 0 aromatic carbocycles. The van der Waals surface area contributed by atoms with Crippen molar-refractivity contribution in [1.29, 1.82) is 0 Å². The maximum absolute atomic E-state index is 12.7. The van der Waals surface area contributed by atoms with Crippen molar-refractivity contribution in [2.75, 3.05) is 13.1 Å². The van der Waals surface area contributed by atoms with Crippen molar-refractivity contribution in [3.63, 3.8) is 0 Å². The number of hydrogen-bond donors (Lipinski definition) is 1. The zero-order valence-electron chi connectivity index (χ0n) is 15.1. The highest BCUT2D eigenvalue weighted by Crippen LogP contribution is 2.24. The molecule has 1 aliphatic rings. The fraction of sp³-hybridized carbons (Fsp3) is 0.647. The van der Waals surface area contributed by atoms with Gasteiger partial charge in [0.25, 0.3) is 0 Å². The molecule has 0 spiro atoms. The number of rotatable bonds is 6. The number of nitrogens with zero attached hydrogens (tertiary/aromatic N) is 2. The first-order chi connectivity index (χ1) is 11.8. The van der Waals surface area contributed by atoms with E-state index >= 15 is 0 Å². The number of aromatic nitrogens is 1. The zero-order chi connectivity index (χ0) is 18.4. The highest BCUT2D eigenvalue weighted by molar-refractivity contribution is 8.00. The van der Waals surface area contributed by atoms with Crippen LogP contribution in [0.3, 0.4) is 0 Å². The quantitative estimate of drug-likeness (QED) is 0.762.